The number of rotatable bonds is 9. The predicted molar refractivity (Wildman–Crippen MR) is 135 cm³/mol. The Hall–Kier alpha value is -0.640. The van der Waals surface area contributed by atoms with E-state index in [1.54, 1.807) is 7.05 Å². The Morgan fingerprint density at radius 1 is 0.821 bits per heavy atom. The highest BCUT2D eigenvalue weighted by Gasteiger charge is 2.54. The molecule has 4 rings (SSSR count). The van der Waals surface area contributed by atoms with Crippen LogP contribution >= 0.6 is 0 Å². The highest BCUT2D eigenvalue weighted by Crippen LogP contribution is 2.35. The molecule has 3 saturated heterocycles. The van der Waals surface area contributed by atoms with Crippen LogP contribution in [0.4, 0.5) is 0 Å². The summed E-state index contributed by atoms with van der Waals surface area (Å²) in [5.41, 5.74) is 24.0. The molecule has 0 amide bonds. The molecule has 3 aliphatic heterocycles. The van der Waals surface area contributed by atoms with E-state index >= 15 is 0 Å². The minimum absolute atomic E-state index is 0.224. The molecule has 0 bridgehead atoms. The minimum atomic E-state index is -1.49. The zero-order valence-electron chi connectivity index (χ0n) is 22.1. The fourth-order valence-corrected chi connectivity index (χ4v) is 5.96. The molecule has 16 nitrogen and oxygen atoms in total. The van der Waals surface area contributed by atoms with Crippen LogP contribution in [0.15, 0.2) is 0 Å². The van der Waals surface area contributed by atoms with Gasteiger partial charge in [-0.3, -0.25) is 0 Å². The van der Waals surface area contributed by atoms with Gasteiger partial charge in [-0.15, -0.1) is 0 Å². The lowest BCUT2D eigenvalue weighted by molar-refractivity contribution is -0.373. The van der Waals surface area contributed by atoms with Crippen LogP contribution in [0.2, 0.25) is 0 Å². The lowest BCUT2D eigenvalue weighted by Gasteiger charge is -2.51. The SMILES string of the molecule is CNC1C(O[C@H]2OC(CO)[C@@H](NCCN)[C@H](O)C2O)O[C@H]2CC(N)[C@@H](O[C@@H]3C(N)C[C@@H](N)C[C@H]3O)OC2C1O. The summed E-state index contributed by atoms with van der Waals surface area (Å²) in [6, 6.07) is -3.01. The van der Waals surface area contributed by atoms with Gasteiger partial charge >= 0.3 is 0 Å². The zero-order valence-corrected chi connectivity index (χ0v) is 22.1. The Balaban J connectivity index is 1.41. The van der Waals surface area contributed by atoms with Crippen LogP contribution in [0.3, 0.4) is 0 Å². The van der Waals surface area contributed by atoms with Gasteiger partial charge in [0.15, 0.2) is 18.9 Å². The van der Waals surface area contributed by atoms with Crippen LogP contribution in [0.25, 0.3) is 0 Å². The first-order valence-corrected chi connectivity index (χ1v) is 13.6. The molecule has 0 aromatic heterocycles. The minimum Gasteiger partial charge on any atom is -0.394 e. The van der Waals surface area contributed by atoms with E-state index < -0.39 is 98.5 Å². The summed E-state index contributed by atoms with van der Waals surface area (Å²) < 4.78 is 29.8. The van der Waals surface area contributed by atoms with E-state index in [0.717, 1.165) is 0 Å². The molecule has 0 spiro atoms. The molecule has 15 N–H and O–H groups in total. The van der Waals surface area contributed by atoms with E-state index in [-0.39, 0.29) is 19.0 Å². The predicted octanol–water partition coefficient (Wildman–Crippen LogP) is -6.33. The molecule has 0 aromatic rings. The number of nitrogens with one attached hydrogen (secondary N) is 2. The molecular weight excluding hydrogens is 520 g/mol. The Morgan fingerprint density at radius 2 is 1.56 bits per heavy atom. The van der Waals surface area contributed by atoms with Crippen molar-refractivity contribution in [1.82, 2.24) is 10.6 Å². The van der Waals surface area contributed by atoms with Crippen molar-refractivity contribution < 1.29 is 49.2 Å². The molecule has 16 heteroatoms. The molecule has 0 radical (unpaired) electrons. The van der Waals surface area contributed by atoms with Crippen LogP contribution in [-0.4, -0.2) is 150 Å². The number of hydrogen-bond donors (Lipinski definition) is 11. The zero-order chi connectivity index (χ0) is 28.4. The van der Waals surface area contributed by atoms with Gasteiger partial charge in [-0.2, -0.15) is 0 Å². The van der Waals surface area contributed by atoms with Crippen molar-refractivity contribution in [2.75, 3.05) is 26.7 Å². The average Bonchev–Trinajstić information content (AvgIpc) is 2.89. The maximum Gasteiger partial charge on any atom is 0.189 e. The van der Waals surface area contributed by atoms with Crippen LogP contribution in [0.5, 0.6) is 0 Å². The van der Waals surface area contributed by atoms with E-state index in [2.05, 4.69) is 10.6 Å². The van der Waals surface area contributed by atoms with Crippen molar-refractivity contribution in [3.63, 3.8) is 0 Å². The number of aliphatic hydroxyl groups excluding tert-OH is 5. The number of likely N-dealkylation sites (N-methyl/N-ethyl adjacent to an activating group) is 1. The van der Waals surface area contributed by atoms with Crippen LogP contribution in [0.1, 0.15) is 19.3 Å². The first-order valence-electron chi connectivity index (χ1n) is 13.6. The standard InChI is InChI=1S/C23H46N6O10/c1-28-15-17(33)20-12(6-10(27)21(38-20)37-19-9(26)4-8(25)5-11(19)31)35-22(15)39-23-18(34)16(32)14(29-3-2-24)13(7-30)36-23/h8-23,28-34H,2-7,24-27H2,1H3/t8-,9?,10?,11-,12+,13?,14-,15?,16+,17?,18?,19-,20?,21+,22?,23-/m1/s1. The van der Waals surface area contributed by atoms with Crippen molar-refractivity contribution in [2.24, 2.45) is 22.9 Å². The van der Waals surface area contributed by atoms with Gasteiger partial charge in [0.2, 0.25) is 0 Å². The largest absolute Gasteiger partial charge is 0.394 e. The van der Waals surface area contributed by atoms with Crippen molar-refractivity contribution >= 4 is 0 Å². The van der Waals surface area contributed by atoms with Gasteiger partial charge < -0.3 is 82.8 Å². The quantitative estimate of drug-likeness (QED) is 0.124. The molecule has 228 valence electrons. The number of nitrogens with two attached hydrogens (primary N) is 4. The summed E-state index contributed by atoms with van der Waals surface area (Å²) in [6.45, 7) is 0.179. The maximum atomic E-state index is 11.2. The molecule has 4 aliphatic rings. The number of hydrogen-bond acceptors (Lipinski definition) is 16. The normalized spacial score (nSPS) is 50.9. The number of ether oxygens (including phenoxy) is 5. The second-order valence-corrected chi connectivity index (χ2v) is 10.9. The van der Waals surface area contributed by atoms with Gasteiger partial charge in [0.25, 0.3) is 0 Å². The lowest BCUT2D eigenvalue weighted by atomic mass is 9.86. The second-order valence-electron chi connectivity index (χ2n) is 10.9. The smallest absolute Gasteiger partial charge is 0.189 e. The molecule has 1 saturated carbocycles. The van der Waals surface area contributed by atoms with E-state index in [9.17, 15) is 25.5 Å². The Labute approximate surface area is 227 Å². The summed E-state index contributed by atoms with van der Waals surface area (Å²) in [5.74, 6) is 0. The molecule has 3 heterocycles. The van der Waals surface area contributed by atoms with E-state index in [1.807, 2.05) is 0 Å². The van der Waals surface area contributed by atoms with Crippen LogP contribution in [-0.2, 0) is 23.7 Å². The summed E-state index contributed by atoms with van der Waals surface area (Å²) in [6.07, 6.45) is -10.5. The van der Waals surface area contributed by atoms with Crippen molar-refractivity contribution in [3.05, 3.63) is 0 Å². The highest BCUT2D eigenvalue weighted by molar-refractivity contribution is 5.00. The fourth-order valence-electron chi connectivity index (χ4n) is 5.96. The summed E-state index contributed by atoms with van der Waals surface area (Å²) in [7, 11) is 1.59. The van der Waals surface area contributed by atoms with Gasteiger partial charge in [-0.1, -0.05) is 0 Å². The van der Waals surface area contributed by atoms with Gasteiger partial charge in [-0.25, -0.2) is 0 Å². The van der Waals surface area contributed by atoms with E-state index in [4.69, 9.17) is 46.6 Å². The van der Waals surface area contributed by atoms with Crippen LogP contribution in [0, 0.1) is 0 Å². The third-order valence-electron chi connectivity index (χ3n) is 8.04. The molecule has 39 heavy (non-hydrogen) atoms. The van der Waals surface area contributed by atoms with Crippen LogP contribution < -0.4 is 33.6 Å². The monoisotopic (exact) mass is 566 g/mol. The van der Waals surface area contributed by atoms with Crippen molar-refractivity contribution in [2.45, 2.75) is 117 Å². The maximum absolute atomic E-state index is 11.2. The van der Waals surface area contributed by atoms with Gasteiger partial charge in [0.05, 0.1) is 36.9 Å². The molecule has 8 unspecified atom stereocenters. The molecule has 1 aliphatic carbocycles. The highest BCUT2D eigenvalue weighted by atomic mass is 16.8. The van der Waals surface area contributed by atoms with Gasteiger partial charge in [-0.05, 0) is 26.3 Å². The molecule has 16 atom stereocenters. The Morgan fingerprint density at radius 3 is 2.21 bits per heavy atom. The third kappa shape index (κ3) is 6.72. The van der Waals surface area contributed by atoms with Crippen molar-refractivity contribution in [1.29, 1.82) is 0 Å². The first kappa shape index (κ1) is 31.3. The van der Waals surface area contributed by atoms with E-state index in [1.165, 1.54) is 0 Å². The topological polar surface area (TPSA) is 275 Å². The third-order valence-corrected chi connectivity index (χ3v) is 8.04. The Bertz CT molecular complexity index is 761. The number of fused-ring (bicyclic) bond motifs is 1. The Kier molecular flexibility index (Phi) is 10.9. The average molecular weight is 567 g/mol. The molecule has 4 fully saturated rings. The summed E-state index contributed by atoms with van der Waals surface area (Å²) in [5, 5.41) is 58.7. The second kappa shape index (κ2) is 13.6. The number of aliphatic hydroxyl groups is 5. The molecular formula is C23H46N6O10. The summed E-state index contributed by atoms with van der Waals surface area (Å²) >= 11 is 0. The molecule has 0 aromatic carbocycles. The van der Waals surface area contributed by atoms with E-state index in [0.29, 0.717) is 19.4 Å². The van der Waals surface area contributed by atoms with Gasteiger partial charge in [0.1, 0.15) is 36.6 Å². The van der Waals surface area contributed by atoms with Gasteiger partial charge in [0, 0.05) is 25.2 Å². The summed E-state index contributed by atoms with van der Waals surface area (Å²) in [4.78, 5) is 0. The van der Waals surface area contributed by atoms with Crippen molar-refractivity contribution in [3.8, 4) is 0 Å². The fraction of sp³-hybridized carbons (Fsp3) is 1.00. The lowest BCUT2D eigenvalue weighted by Crippen LogP contribution is -2.70. The first-order chi connectivity index (χ1) is 18.6.